The molecule has 7 nitrogen and oxygen atoms in total. The van der Waals surface area contributed by atoms with Gasteiger partial charge in [-0.05, 0) is 25.0 Å². The number of carbonyl (C=O) groups is 1. The molecule has 2 heterocycles. The van der Waals surface area contributed by atoms with E-state index in [0.717, 1.165) is 19.0 Å². The highest BCUT2D eigenvalue weighted by molar-refractivity contribution is 7.89. The summed E-state index contributed by atoms with van der Waals surface area (Å²) in [6.45, 7) is 2.95. The summed E-state index contributed by atoms with van der Waals surface area (Å²) >= 11 is 0. The predicted molar refractivity (Wildman–Crippen MR) is 74.5 cm³/mol. The molecule has 2 atom stereocenters. The second-order valence-corrected chi connectivity index (χ2v) is 6.62. The standard InChI is InChI=1S/C13H18N2O5S/c1-2-11-9(5-6-20-11)8-15-21(18,19)12-4-3-10(7-14-12)13(16)17/h3-4,7,9,11,15H,2,5-6,8H2,1H3,(H,16,17). The van der Waals surface area contributed by atoms with Gasteiger partial charge in [0.25, 0.3) is 10.0 Å². The minimum absolute atomic E-state index is 0.0517. The molecule has 0 aromatic carbocycles. The van der Waals surface area contributed by atoms with Gasteiger partial charge < -0.3 is 9.84 Å². The summed E-state index contributed by atoms with van der Waals surface area (Å²) in [6.07, 6.45) is 2.78. The number of hydrogen-bond donors (Lipinski definition) is 2. The maximum absolute atomic E-state index is 12.1. The van der Waals surface area contributed by atoms with Gasteiger partial charge in [0.15, 0.2) is 5.03 Å². The number of aromatic nitrogens is 1. The quantitative estimate of drug-likeness (QED) is 0.807. The lowest BCUT2D eigenvalue weighted by Crippen LogP contribution is -2.33. The highest BCUT2D eigenvalue weighted by Crippen LogP contribution is 2.23. The molecule has 2 N–H and O–H groups in total. The molecule has 1 aromatic rings. The molecule has 21 heavy (non-hydrogen) atoms. The molecule has 0 bridgehead atoms. The van der Waals surface area contributed by atoms with Gasteiger partial charge in [-0.15, -0.1) is 0 Å². The lowest BCUT2D eigenvalue weighted by Gasteiger charge is -2.17. The summed E-state index contributed by atoms with van der Waals surface area (Å²) in [4.78, 5) is 14.4. The van der Waals surface area contributed by atoms with Crippen LogP contribution in [0.25, 0.3) is 0 Å². The van der Waals surface area contributed by atoms with Crippen molar-refractivity contribution in [2.45, 2.75) is 30.9 Å². The second-order valence-electron chi connectivity index (χ2n) is 4.91. The number of hydrogen-bond acceptors (Lipinski definition) is 5. The third kappa shape index (κ3) is 3.78. The first kappa shape index (κ1) is 15.9. The maximum atomic E-state index is 12.1. The topological polar surface area (TPSA) is 106 Å². The van der Waals surface area contributed by atoms with Crippen molar-refractivity contribution in [2.75, 3.05) is 13.2 Å². The minimum Gasteiger partial charge on any atom is -0.478 e. The third-order valence-electron chi connectivity index (χ3n) is 3.54. The van der Waals surface area contributed by atoms with Crippen molar-refractivity contribution in [1.82, 2.24) is 9.71 Å². The number of nitrogens with one attached hydrogen (secondary N) is 1. The SMILES string of the molecule is CCC1OCCC1CNS(=O)(=O)c1ccc(C(=O)O)cn1. The Morgan fingerprint density at radius 3 is 2.86 bits per heavy atom. The summed E-state index contributed by atoms with van der Waals surface area (Å²) < 4.78 is 32.2. The van der Waals surface area contributed by atoms with Gasteiger partial charge in [0.1, 0.15) is 0 Å². The van der Waals surface area contributed by atoms with E-state index in [4.69, 9.17) is 9.84 Å². The molecular formula is C13H18N2O5S. The average Bonchev–Trinajstić information content (AvgIpc) is 2.93. The van der Waals surface area contributed by atoms with Crippen LogP contribution in [-0.4, -0.2) is 43.7 Å². The van der Waals surface area contributed by atoms with E-state index in [1.807, 2.05) is 6.92 Å². The van der Waals surface area contributed by atoms with Gasteiger partial charge in [-0.3, -0.25) is 0 Å². The van der Waals surface area contributed by atoms with E-state index in [0.29, 0.717) is 13.2 Å². The number of aromatic carboxylic acids is 1. The first-order chi connectivity index (χ1) is 9.94. The largest absolute Gasteiger partial charge is 0.478 e. The average molecular weight is 314 g/mol. The van der Waals surface area contributed by atoms with Crippen LogP contribution in [0.2, 0.25) is 0 Å². The van der Waals surface area contributed by atoms with Gasteiger partial charge >= 0.3 is 5.97 Å². The molecule has 0 aliphatic carbocycles. The minimum atomic E-state index is -3.73. The van der Waals surface area contributed by atoms with Crippen molar-refractivity contribution < 1.29 is 23.1 Å². The molecule has 0 spiro atoms. The fourth-order valence-corrected chi connectivity index (χ4v) is 3.35. The molecule has 1 fully saturated rings. The molecule has 1 aromatic heterocycles. The third-order valence-corrected chi connectivity index (χ3v) is 4.88. The first-order valence-electron chi connectivity index (χ1n) is 6.74. The molecule has 8 heteroatoms. The van der Waals surface area contributed by atoms with Gasteiger partial charge in [-0.1, -0.05) is 6.92 Å². The zero-order valence-corrected chi connectivity index (χ0v) is 12.5. The predicted octanol–water partition coefficient (Wildman–Crippen LogP) is 0.873. The zero-order chi connectivity index (χ0) is 15.5. The van der Waals surface area contributed by atoms with E-state index < -0.39 is 16.0 Å². The Kier molecular flexibility index (Phi) is 4.92. The van der Waals surface area contributed by atoms with Crippen molar-refractivity contribution in [3.63, 3.8) is 0 Å². The molecule has 2 rings (SSSR count). The van der Waals surface area contributed by atoms with E-state index in [1.54, 1.807) is 0 Å². The van der Waals surface area contributed by atoms with Gasteiger partial charge in [0, 0.05) is 25.3 Å². The Balaban J connectivity index is 2.02. The van der Waals surface area contributed by atoms with Crippen molar-refractivity contribution in [2.24, 2.45) is 5.92 Å². The van der Waals surface area contributed by atoms with Crippen LogP contribution in [0.3, 0.4) is 0 Å². The number of rotatable bonds is 6. The van der Waals surface area contributed by atoms with E-state index in [2.05, 4.69) is 9.71 Å². The summed E-state index contributed by atoms with van der Waals surface area (Å²) in [5, 5.41) is 8.58. The Bertz CT molecular complexity index is 599. The van der Waals surface area contributed by atoms with Gasteiger partial charge in [-0.2, -0.15) is 0 Å². The number of ether oxygens (including phenoxy) is 1. The Morgan fingerprint density at radius 1 is 1.52 bits per heavy atom. The van der Waals surface area contributed by atoms with Crippen LogP contribution in [0.1, 0.15) is 30.1 Å². The number of carboxylic acid groups (broad SMARTS) is 1. The van der Waals surface area contributed by atoms with Crippen molar-refractivity contribution >= 4 is 16.0 Å². The fourth-order valence-electron chi connectivity index (χ4n) is 2.33. The van der Waals surface area contributed by atoms with Crippen LogP contribution < -0.4 is 4.72 Å². The molecule has 1 aliphatic heterocycles. The molecule has 0 saturated carbocycles. The van der Waals surface area contributed by atoms with E-state index in [1.165, 1.54) is 12.1 Å². The highest BCUT2D eigenvalue weighted by atomic mass is 32.2. The maximum Gasteiger partial charge on any atom is 0.337 e. The van der Waals surface area contributed by atoms with E-state index >= 15 is 0 Å². The molecule has 2 unspecified atom stereocenters. The first-order valence-corrected chi connectivity index (χ1v) is 8.23. The van der Waals surface area contributed by atoms with Crippen LogP contribution in [0.15, 0.2) is 23.4 Å². The monoisotopic (exact) mass is 314 g/mol. The molecular weight excluding hydrogens is 296 g/mol. The molecule has 0 radical (unpaired) electrons. The van der Waals surface area contributed by atoms with Crippen LogP contribution in [0, 0.1) is 5.92 Å². The van der Waals surface area contributed by atoms with Gasteiger partial charge in [0.2, 0.25) is 0 Å². The van der Waals surface area contributed by atoms with Gasteiger partial charge in [0.05, 0.1) is 11.7 Å². The number of pyridine rings is 1. The Hall–Kier alpha value is -1.51. The van der Waals surface area contributed by atoms with Crippen LogP contribution in [0.4, 0.5) is 0 Å². The summed E-state index contributed by atoms with van der Waals surface area (Å²) in [5.74, 6) is -0.989. The highest BCUT2D eigenvalue weighted by Gasteiger charge is 2.28. The lowest BCUT2D eigenvalue weighted by molar-refractivity contribution is 0.0696. The summed E-state index contributed by atoms with van der Waals surface area (Å²) in [7, 11) is -3.73. The molecule has 1 aliphatic rings. The summed E-state index contributed by atoms with van der Waals surface area (Å²) in [5.41, 5.74) is -0.0517. The lowest BCUT2D eigenvalue weighted by atomic mass is 10.0. The normalized spacial score (nSPS) is 22.3. The number of nitrogens with zero attached hydrogens (tertiary/aromatic N) is 1. The fraction of sp³-hybridized carbons (Fsp3) is 0.538. The van der Waals surface area contributed by atoms with Gasteiger partial charge in [-0.25, -0.2) is 22.9 Å². The smallest absolute Gasteiger partial charge is 0.337 e. The van der Waals surface area contributed by atoms with E-state index in [-0.39, 0.29) is 22.6 Å². The van der Waals surface area contributed by atoms with E-state index in [9.17, 15) is 13.2 Å². The molecule has 116 valence electrons. The molecule has 0 amide bonds. The van der Waals surface area contributed by atoms with Crippen LogP contribution in [-0.2, 0) is 14.8 Å². The number of sulfonamides is 1. The van der Waals surface area contributed by atoms with Crippen molar-refractivity contribution in [1.29, 1.82) is 0 Å². The zero-order valence-electron chi connectivity index (χ0n) is 11.7. The van der Waals surface area contributed by atoms with Crippen LogP contribution >= 0.6 is 0 Å². The molecule has 1 saturated heterocycles. The Morgan fingerprint density at radius 2 is 2.29 bits per heavy atom. The number of carboxylic acids is 1. The van der Waals surface area contributed by atoms with Crippen molar-refractivity contribution in [3.05, 3.63) is 23.9 Å². The van der Waals surface area contributed by atoms with Crippen LogP contribution in [0.5, 0.6) is 0 Å². The summed E-state index contributed by atoms with van der Waals surface area (Å²) in [6, 6.07) is 2.41. The Labute approximate surface area is 123 Å². The second kappa shape index (κ2) is 6.50. The van der Waals surface area contributed by atoms with Crippen molar-refractivity contribution in [3.8, 4) is 0 Å².